The Labute approximate surface area is 145 Å². The Morgan fingerprint density at radius 1 is 1.08 bits per heavy atom. The second kappa shape index (κ2) is 10.9. The van der Waals surface area contributed by atoms with Crippen LogP contribution in [0.25, 0.3) is 0 Å². The second-order valence-corrected chi connectivity index (χ2v) is 7.23. The van der Waals surface area contributed by atoms with E-state index in [1.54, 1.807) is 14.2 Å². The summed E-state index contributed by atoms with van der Waals surface area (Å²) in [5, 5.41) is 6.27. The van der Waals surface area contributed by atoms with Crippen LogP contribution in [0.4, 0.5) is 0 Å². The standard InChI is InChI=1S/C16H28N4O3S/c1-17-16(19-12-13-20-24(3,21)22)18-11-5-4-6-14-7-9-15(23-2)10-8-14/h7-10,20H,4-6,11-13H2,1-3H3,(H2,17,18,19). The molecule has 0 saturated heterocycles. The van der Waals surface area contributed by atoms with Gasteiger partial charge in [0.2, 0.25) is 10.0 Å². The molecule has 0 aliphatic carbocycles. The van der Waals surface area contributed by atoms with Crippen LogP contribution in [0.5, 0.6) is 5.75 Å². The number of aryl methyl sites for hydroxylation is 1. The third kappa shape index (κ3) is 9.36. The van der Waals surface area contributed by atoms with Crippen molar-refractivity contribution in [2.45, 2.75) is 19.3 Å². The van der Waals surface area contributed by atoms with E-state index in [9.17, 15) is 8.42 Å². The van der Waals surface area contributed by atoms with Gasteiger partial charge in [0.1, 0.15) is 5.75 Å². The number of hydrogen-bond donors (Lipinski definition) is 3. The number of rotatable bonds is 10. The molecule has 0 fully saturated rings. The number of guanidine groups is 1. The fourth-order valence-electron chi connectivity index (χ4n) is 2.09. The van der Waals surface area contributed by atoms with Gasteiger partial charge in [0.25, 0.3) is 0 Å². The number of nitrogens with zero attached hydrogens (tertiary/aromatic N) is 1. The molecule has 7 nitrogen and oxygen atoms in total. The van der Waals surface area contributed by atoms with Crippen LogP contribution in [0.2, 0.25) is 0 Å². The Kier molecular flexibility index (Phi) is 9.18. The van der Waals surface area contributed by atoms with Crippen molar-refractivity contribution < 1.29 is 13.2 Å². The minimum absolute atomic E-state index is 0.330. The van der Waals surface area contributed by atoms with Crippen molar-refractivity contribution >= 4 is 16.0 Å². The summed E-state index contributed by atoms with van der Waals surface area (Å²) in [4.78, 5) is 4.10. The first-order valence-electron chi connectivity index (χ1n) is 7.96. The summed E-state index contributed by atoms with van der Waals surface area (Å²) >= 11 is 0. The minimum atomic E-state index is -3.14. The average Bonchev–Trinajstić information content (AvgIpc) is 2.56. The maximum atomic E-state index is 11.0. The zero-order valence-corrected chi connectivity index (χ0v) is 15.4. The number of nitrogens with one attached hydrogen (secondary N) is 3. The van der Waals surface area contributed by atoms with Crippen molar-refractivity contribution in [1.82, 2.24) is 15.4 Å². The molecule has 0 spiro atoms. The number of benzene rings is 1. The van der Waals surface area contributed by atoms with E-state index >= 15 is 0 Å². The summed E-state index contributed by atoms with van der Waals surface area (Å²) in [5.41, 5.74) is 1.30. The fraction of sp³-hybridized carbons (Fsp3) is 0.562. The molecule has 0 bridgehead atoms. The largest absolute Gasteiger partial charge is 0.497 e. The molecule has 0 aliphatic rings. The summed E-state index contributed by atoms with van der Waals surface area (Å²) in [5.74, 6) is 1.55. The van der Waals surface area contributed by atoms with E-state index in [0.717, 1.165) is 37.8 Å². The Morgan fingerprint density at radius 3 is 2.33 bits per heavy atom. The average molecular weight is 356 g/mol. The number of aliphatic imine (C=N–C) groups is 1. The van der Waals surface area contributed by atoms with Crippen LogP contribution >= 0.6 is 0 Å². The molecular formula is C16H28N4O3S. The van der Waals surface area contributed by atoms with Crippen LogP contribution in [0.1, 0.15) is 18.4 Å². The Bertz CT molecular complexity index is 600. The molecule has 0 radical (unpaired) electrons. The highest BCUT2D eigenvalue weighted by Gasteiger charge is 2.01. The lowest BCUT2D eigenvalue weighted by molar-refractivity contribution is 0.414. The van der Waals surface area contributed by atoms with Crippen molar-refractivity contribution in [2.75, 3.05) is 40.0 Å². The summed E-state index contributed by atoms with van der Waals surface area (Å²) in [6.45, 7) is 1.63. The van der Waals surface area contributed by atoms with Gasteiger partial charge in [-0.05, 0) is 37.0 Å². The molecule has 0 aliphatic heterocycles. The van der Waals surface area contributed by atoms with Gasteiger partial charge in [0.15, 0.2) is 5.96 Å². The van der Waals surface area contributed by atoms with E-state index in [1.807, 2.05) is 12.1 Å². The van der Waals surface area contributed by atoms with Gasteiger partial charge in [0.05, 0.1) is 13.4 Å². The molecule has 1 rings (SSSR count). The van der Waals surface area contributed by atoms with Crippen LogP contribution < -0.4 is 20.1 Å². The highest BCUT2D eigenvalue weighted by atomic mass is 32.2. The predicted octanol–water partition coefficient (Wildman–Crippen LogP) is 0.732. The molecule has 0 saturated carbocycles. The van der Waals surface area contributed by atoms with Gasteiger partial charge in [-0.15, -0.1) is 0 Å². The van der Waals surface area contributed by atoms with Crippen LogP contribution in [-0.4, -0.2) is 54.4 Å². The molecule has 24 heavy (non-hydrogen) atoms. The fourth-order valence-corrected chi connectivity index (χ4v) is 2.56. The van der Waals surface area contributed by atoms with E-state index in [1.165, 1.54) is 5.56 Å². The lowest BCUT2D eigenvalue weighted by Crippen LogP contribution is -2.41. The van der Waals surface area contributed by atoms with Crippen LogP contribution in [0.3, 0.4) is 0 Å². The van der Waals surface area contributed by atoms with E-state index in [4.69, 9.17) is 4.74 Å². The normalized spacial score (nSPS) is 12.0. The van der Waals surface area contributed by atoms with E-state index in [-0.39, 0.29) is 0 Å². The van der Waals surface area contributed by atoms with E-state index in [2.05, 4.69) is 32.5 Å². The molecule has 8 heteroatoms. The lowest BCUT2D eigenvalue weighted by atomic mass is 10.1. The van der Waals surface area contributed by atoms with Gasteiger partial charge in [-0.1, -0.05) is 12.1 Å². The van der Waals surface area contributed by atoms with Crippen molar-refractivity contribution in [3.63, 3.8) is 0 Å². The SMILES string of the molecule is CN=C(NCCCCc1ccc(OC)cc1)NCCNS(C)(=O)=O. The van der Waals surface area contributed by atoms with Crippen LogP contribution in [0, 0.1) is 0 Å². The van der Waals surface area contributed by atoms with Crippen molar-refractivity contribution in [1.29, 1.82) is 0 Å². The third-order valence-corrected chi connectivity index (χ3v) is 4.08. The highest BCUT2D eigenvalue weighted by Crippen LogP contribution is 2.12. The maximum Gasteiger partial charge on any atom is 0.208 e. The quantitative estimate of drug-likeness (QED) is 0.327. The van der Waals surface area contributed by atoms with E-state index < -0.39 is 10.0 Å². The summed E-state index contributed by atoms with van der Waals surface area (Å²) in [6.07, 6.45) is 4.26. The first kappa shape index (κ1) is 20.2. The van der Waals surface area contributed by atoms with Crippen molar-refractivity contribution in [2.24, 2.45) is 4.99 Å². The number of unbranched alkanes of at least 4 members (excludes halogenated alkanes) is 1. The smallest absolute Gasteiger partial charge is 0.208 e. The number of hydrogen-bond acceptors (Lipinski definition) is 4. The van der Waals surface area contributed by atoms with Crippen molar-refractivity contribution in [3.05, 3.63) is 29.8 Å². The van der Waals surface area contributed by atoms with Gasteiger partial charge < -0.3 is 15.4 Å². The molecule has 0 aromatic heterocycles. The predicted molar refractivity (Wildman–Crippen MR) is 98.1 cm³/mol. The Morgan fingerprint density at radius 2 is 1.75 bits per heavy atom. The molecule has 0 unspecified atom stereocenters. The van der Waals surface area contributed by atoms with E-state index in [0.29, 0.717) is 19.0 Å². The third-order valence-electron chi connectivity index (χ3n) is 3.35. The molecule has 1 aromatic rings. The molecule has 0 amide bonds. The molecule has 0 heterocycles. The zero-order valence-electron chi connectivity index (χ0n) is 14.6. The van der Waals surface area contributed by atoms with Crippen LogP contribution in [0.15, 0.2) is 29.3 Å². The molecule has 3 N–H and O–H groups in total. The first-order valence-corrected chi connectivity index (χ1v) is 9.86. The topological polar surface area (TPSA) is 91.8 Å². The maximum absolute atomic E-state index is 11.0. The summed E-state index contributed by atoms with van der Waals surface area (Å²) < 4.78 is 29.5. The molecule has 1 aromatic carbocycles. The molecule has 0 atom stereocenters. The lowest BCUT2D eigenvalue weighted by Gasteiger charge is -2.12. The van der Waals surface area contributed by atoms with Gasteiger partial charge in [0, 0.05) is 26.7 Å². The van der Waals surface area contributed by atoms with Crippen LogP contribution in [-0.2, 0) is 16.4 Å². The number of sulfonamides is 1. The molecule has 136 valence electrons. The summed E-state index contributed by atoms with van der Waals surface area (Å²) in [7, 11) is 0.215. The van der Waals surface area contributed by atoms with Gasteiger partial charge in [-0.3, -0.25) is 4.99 Å². The van der Waals surface area contributed by atoms with Gasteiger partial charge >= 0.3 is 0 Å². The second-order valence-electron chi connectivity index (χ2n) is 5.40. The van der Waals surface area contributed by atoms with Crippen molar-refractivity contribution in [3.8, 4) is 5.75 Å². The Hall–Kier alpha value is -1.80. The Balaban J connectivity index is 2.13. The number of ether oxygens (including phenoxy) is 1. The molecular weight excluding hydrogens is 328 g/mol. The zero-order chi connectivity index (χ0) is 17.8. The minimum Gasteiger partial charge on any atom is -0.497 e. The first-order chi connectivity index (χ1) is 11.4. The van der Waals surface area contributed by atoms with Gasteiger partial charge in [-0.2, -0.15) is 0 Å². The highest BCUT2D eigenvalue weighted by molar-refractivity contribution is 7.88. The number of methoxy groups -OCH3 is 1. The monoisotopic (exact) mass is 356 g/mol. The van der Waals surface area contributed by atoms with Gasteiger partial charge in [-0.25, -0.2) is 13.1 Å². The summed E-state index contributed by atoms with van der Waals surface area (Å²) in [6, 6.07) is 8.12.